The lowest BCUT2D eigenvalue weighted by atomic mass is 9.93. The molecule has 0 saturated carbocycles. The molecule has 3 rings (SSSR count). The molecule has 3 fully saturated rings. The summed E-state index contributed by atoms with van der Waals surface area (Å²) in [6, 6.07) is 0.406. The van der Waals surface area contributed by atoms with Crippen molar-refractivity contribution in [2.24, 2.45) is 5.92 Å². The number of amides is 1. The minimum atomic E-state index is -3.08. The Balaban J connectivity index is 1.51. The molecular weight excluding hydrogens is 354 g/mol. The molecule has 0 N–H and O–H groups in total. The van der Waals surface area contributed by atoms with Crippen LogP contribution < -0.4 is 0 Å². The topological polar surface area (TPSA) is 70.2 Å². The third kappa shape index (κ3) is 4.77. The molecule has 150 valence electrons. The fourth-order valence-corrected chi connectivity index (χ4v) is 6.00. The zero-order chi connectivity index (χ0) is 18.6. The van der Waals surface area contributed by atoms with E-state index in [0.717, 1.165) is 38.8 Å². The summed E-state index contributed by atoms with van der Waals surface area (Å²) in [4.78, 5) is 17.2. The Hall–Kier alpha value is -0.700. The number of hydrogen-bond acceptors (Lipinski definition) is 5. The third-order valence-electron chi connectivity index (χ3n) is 5.92. The first-order valence-corrected chi connectivity index (χ1v) is 11.7. The lowest BCUT2D eigenvalue weighted by Crippen LogP contribution is -2.53. The van der Waals surface area contributed by atoms with Gasteiger partial charge in [-0.15, -0.1) is 0 Å². The van der Waals surface area contributed by atoms with Gasteiger partial charge in [0.1, 0.15) is 0 Å². The van der Waals surface area contributed by atoms with Crippen LogP contribution in [-0.2, 0) is 19.6 Å². The molecular formula is C18H33N3O4S. The lowest BCUT2D eigenvalue weighted by Gasteiger charge is -2.42. The van der Waals surface area contributed by atoms with Gasteiger partial charge in [-0.05, 0) is 38.6 Å². The van der Waals surface area contributed by atoms with Gasteiger partial charge in [0.25, 0.3) is 0 Å². The van der Waals surface area contributed by atoms with Gasteiger partial charge in [-0.3, -0.25) is 9.69 Å². The number of carbonyl (C=O) groups excluding carboxylic acids is 1. The average Bonchev–Trinajstić information content (AvgIpc) is 2.68. The molecule has 3 heterocycles. The number of likely N-dealkylation sites (tertiary alicyclic amines) is 1. The van der Waals surface area contributed by atoms with E-state index >= 15 is 0 Å². The molecule has 3 aliphatic heterocycles. The third-order valence-corrected chi connectivity index (χ3v) is 8.00. The molecule has 3 saturated heterocycles. The number of piperidine rings is 2. The number of sulfonamides is 1. The number of ether oxygens (including phenoxy) is 1. The molecule has 0 radical (unpaired) electrons. The minimum absolute atomic E-state index is 0.0868. The maximum absolute atomic E-state index is 12.8. The molecule has 1 amide bonds. The average molecular weight is 388 g/mol. The molecule has 0 unspecified atom stereocenters. The van der Waals surface area contributed by atoms with E-state index in [0.29, 0.717) is 51.9 Å². The van der Waals surface area contributed by atoms with Crippen molar-refractivity contribution in [3.8, 4) is 0 Å². The second-order valence-corrected chi connectivity index (χ2v) is 9.81. The highest BCUT2D eigenvalue weighted by Crippen LogP contribution is 2.26. The van der Waals surface area contributed by atoms with Gasteiger partial charge in [0, 0.05) is 38.8 Å². The Kier molecular flexibility index (Phi) is 6.93. The van der Waals surface area contributed by atoms with Gasteiger partial charge in [-0.1, -0.05) is 6.92 Å². The van der Waals surface area contributed by atoms with Gasteiger partial charge in [-0.25, -0.2) is 12.7 Å². The lowest BCUT2D eigenvalue weighted by molar-refractivity contribution is -0.141. The van der Waals surface area contributed by atoms with Crippen molar-refractivity contribution in [2.45, 2.75) is 45.1 Å². The molecule has 8 heteroatoms. The van der Waals surface area contributed by atoms with Crippen LogP contribution in [0.2, 0.25) is 0 Å². The molecule has 0 aromatic heterocycles. The van der Waals surface area contributed by atoms with E-state index in [-0.39, 0.29) is 17.6 Å². The Bertz CT molecular complexity index is 569. The van der Waals surface area contributed by atoms with Crippen molar-refractivity contribution in [1.29, 1.82) is 0 Å². The zero-order valence-corrected chi connectivity index (χ0v) is 16.8. The van der Waals surface area contributed by atoms with Crippen molar-refractivity contribution >= 4 is 15.9 Å². The second kappa shape index (κ2) is 8.99. The Labute approximate surface area is 157 Å². The Morgan fingerprint density at radius 1 is 1.04 bits per heavy atom. The van der Waals surface area contributed by atoms with Crippen LogP contribution in [0.4, 0.5) is 0 Å². The summed E-state index contributed by atoms with van der Waals surface area (Å²) >= 11 is 0. The van der Waals surface area contributed by atoms with Crippen LogP contribution >= 0.6 is 0 Å². The highest BCUT2D eigenvalue weighted by molar-refractivity contribution is 7.89. The predicted octanol–water partition coefficient (Wildman–Crippen LogP) is 0.761. The van der Waals surface area contributed by atoms with Crippen LogP contribution in [0.5, 0.6) is 0 Å². The first-order valence-electron chi connectivity index (χ1n) is 10.1. The number of rotatable bonds is 5. The fourth-order valence-electron chi connectivity index (χ4n) is 4.45. The van der Waals surface area contributed by atoms with Crippen LogP contribution in [0.1, 0.15) is 39.0 Å². The van der Waals surface area contributed by atoms with Gasteiger partial charge in [0.2, 0.25) is 15.9 Å². The standard InChI is InChI=1S/C18H33N3O4S/c1-2-14-26(23,24)21-8-5-17(6-9-21)20-7-3-4-16(15-20)18(22)19-10-12-25-13-11-19/h16-17H,2-15H2,1H3/t16-/m0/s1. The summed E-state index contributed by atoms with van der Waals surface area (Å²) in [6.45, 7) is 7.70. The number of hydrogen-bond donors (Lipinski definition) is 0. The summed E-state index contributed by atoms with van der Waals surface area (Å²) < 4.78 is 31.5. The maximum atomic E-state index is 12.8. The number of nitrogens with zero attached hydrogens (tertiary/aromatic N) is 3. The van der Waals surface area contributed by atoms with Crippen molar-refractivity contribution in [1.82, 2.24) is 14.1 Å². The highest BCUT2D eigenvalue weighted by atomic mass is 32.2. The molecule has 0 bridgehead atoms. The maximum Gasteiger partial charge on any atom is 0.227 e. The monoisotopic (exact) mass is 387 g/mol. The van der Waals surface area contributed by atoms with Crippen LogP contribution in [0.15, 0.2) is 0 Å². The molecule has 0 aliphatic carbocycles. The molecule has 3 aliphatic rings. The highest BCUT2D eigenvalue weighted by Gasteiger charge is 2.35. The van der Waals surface area contributed by atoms with Gasteiger partial charge < -0.3 is 9.64 Å². The first-order chi connectivity index (χ1) is 12.5. The van der Waals surface area contributed by atoms with Gasteiger partial charge in [-0.2, -0.15) is 0 Å². The van der Waals surface area contributed by atoms with E-state index in [1.165, 1.54) is 0 Å². The molecule has 0 spiro atoms. The van der Waals surface area contributed by atoms with E-state index < -0.39 is 10.0 Å². The quantitative estimate of drug-likeness (QED) is 0.697. The SMILES string of the molecule is CCCS(=O)(=O)N1CCC(N2CCC[C@H](C(=O)N3CCOCC3)C2)CC1. The second-order valence-electron chi connectivity index (χ2n) is 7.72. The summed E-state index contributed by atoms with van der Waals surface area (Å²) in [7, 11) is -3.08. The largest absolute Gasteiger partial charge is 0.378 e. The zero-order valence-electron chi connectivity index (χ0n) is 15.9. The first kappa shape index (κ1) is 20.0. The van der Waals surface area contributed by atoms with Gasteiger partial charge >= 0.3 is 0 Å². The molecule has 1 atom stereocenters. The predicted molar refractivity (Wildman–Crippen MR) is 100 cm³/mol. The van der Waals surface area contributed by atoms with Crippen LogP contribution in [0, 0.1) is 5.92 Å². The van der Waals surface area contributed by atoms with E-state index in [1.54, 1.807) is 4.31 Å². The minimum Gasteiger partial charge on any atom is -0.378 e. The number of carbonyl (C=O) groups is 1. The fraction of sp³-hybridized carbons (Fsp3) is 0.944. The summed E-state index contributed by atoms with van der Waals surface area (Å²) in [5, 5.41) is 0. The van der Waals surface area contributed by atoms with E-state index in [2.05, 4.69) is 4.90 Å². The van der Waals surface area contributed by atoms with Gasteiger partial charge in [0.15, 0.2) is 0 Å². The summed E-state index contributed by atoms with van der Waals surface area (Å²) in [5.41, 5.74) is 0. The smallest absolute Gasteiger partial charge is 0.227 e. The van der Waals surface area contributed by atoms with E-state index in [4.69, 9.17) is 4.74 Å². The van der Waals surface area contributed by atoms with Crippen LogP contribution in [0.3, 0.4) is 0 Å². The molecule has 26 heavy (non-hydrogen) atoms. The molecule has 0 aromatic carbocycles. The van der Waals surface area contributed by atoms with Crippen molar-refractivity contribution in [3.05, 3.63) is 0 Å². The van der Waals surface area contributed by atoms with Crippen molar-refractivity contribution in [2.75, 3.05) is 58.2 Å². The summed E-state index contributed by atoms with van der Waals surface area (Å²) in [5.74, 6) is 0.613. The normalized spacial score (nSPS) is 27.6. The van der Waals surface area contributed by atoms with E-state index in [9.17, 15) is 13.2 Å². The van der Waals surface area contributed by atoms with E-state index in [1.807, 2.05) is 11.8 Å². The van der Waals surface area contributed by atoms with Crippen LogP contribution in [-0.4, -0.2) is 92.7 Å². The Morgan fingerprint density at radius 2 is 1.73 bits per heavy atom. The van der Waals surface area contributed by atoms with Gasteiger partial charge in [0.05, 0.1) is 24.9 Å². The van der Waals surface area contributed by atoms with Crippen molar-refractivity contribution < 1.29 is 17.9 Å². The number of morpholine rings is 1. The summed E-state index contributed by atoms with van der Waals surface area (Å²) in [6.07, 6.45) is 4.44. The molecule has 0 aromatic rings. The Morgan fingerprint density at radius 3 is 2.38 bits per heavy atom. The molecule has 7 nitrogen and oxygen atoms in total. The van der Waals surface area contributed by atoms with Crippen molar-refractivity contribution in [3.63, 3.8) is 0 Å². The van der Waals surface area contributed by atoms with Crippen LogP contribution in [0.25, 0.3) is 0 Å².